The SMILES string of the molecule is COCC1(C)CC(=O)c2cc(Br)ccc2O1. The molecule has 0 N–H and O–H groups in total. The van der Waals surface area contributed by atoms with Crippen molar-refractivity contribution >= 4 is 21.7 Å². The molecule has 1 unspecified atom stereocenters. The minimum Gasteiger partial charge on any atom is -0.484 e. The second-order valence-corrected chi connectivity index (χ2v) is 5.14. The lowest BCUT2D eigenvalue weighted by molar-refractivity contribution is -0.00581. The van der Waals surface area contributed by atoms with Crippen LogP contribution in [0.15, 0.2) is 22.7 Å². The third-order valence-electron chi connectivity index (χ3n) is 2.58. The highest BCUT2D eigenvalue weighted by Crippen LogP contribution is 2.34. The molecule has 1 atom stereocenters. The number of Topliss-reactive ketones (excluding diaryl/α,β-unsaturated/α-hetero) is 1. The van der Waals surface area contributed by atoms with E-state index >= 15 is 0 Å². The summed E-state index contributed by atoms with van der Waals surface area (Å²) in [5.41, 5.74) is 0.0927. The lowest BCUT2D eigenvalue weighted by atomic mass is 9.92. The maximum atomic E-state index is 12.0. The van der Waals surface area contributed by atoms with Crippen molar-refractivity contribution in [3.8, 4) is 5.75 Å². The molecule has 1 aromatic carbocycles. The van der Waals surface area contributed by atoms with Crippen LogP contribution >= 0.6 is 15.9 Å². The zero-order valence-electron chi connectivity index (χ0n) is 9.25. The Morgan fingerprint density at radius 1 is 1.56 bits per heavy atom. The Balaban J connectivity index is 2.37. The summed E-state index contributed by atoms with van der Waals surface area (Å²) in [4.78, 5) is 12.0. The van der Waals surface area contributed by atoms with Crippen molar-refractivity contribution in [2.24, 2.45) is 0 Å². The summed E-state index contributed by atoms with van der Waals surface area (Å²) in [6.07, 6.45) is 0.351. The van der Waals surface area contributed by atoms with Gasteiger partial charge >= 0.3 is 0 Å². The van der Waals surface area contributed by atoms with E-state index in [0.717, 1.165) is 4.47 Å². The third-order valence-corrected chi connectivity index (χ3v) is 3.08. The van der Waals surface area contributed by atoms with Gasteiger partial charge in [0.15, 0.2) is 5.78 Å². The number of carbonyl (C=O) groups excluding carboxylic acids is 1. The van der Waals surface area contributed by atoms with Crippen molar-refractivity contribution in [2.75, 3.05) is 13.7 Å². The Bertz CT molecular complexity index is 430. The molecule has 0 aliphatic carbocycles. The van der Waals surface area contributed by atoms with Crippen LogP contribution in [0.5, 0.6) is 5.75 Å². The van der Waals surface area contributed by atoms with Crippen LogP contribution in [0.2, 0.25) is 0 Å². The average molecular weight is 285 g/mol. The van der Waals surface area contributed by atoms with E-state index < -0.39 is 5.60 Å². The summed E-state index contributed by atoms with van der Waals surface area (Å²) in [7, 11) is 1.61. The summed E-state index contributed by atoms with van der Waals surface area (Å²) in [5, 5.41) is 0. The highest BCUT2D eigenvalue weighted by molar-refractivity contribution is 9.10. The molecule has 1 heterocycles. The molecule has 1 aromatic rings. The van der Waals surface area contributed by atoms with Crippen LogP contribution in [0.3, 0.4) is 0 Å². The topological polar surface area (TPSA) is 35.5 Å². The van der Waals surface area contributed by atoms with E-state index in [4.69, 9.17) is 9.47 Å². The number of fused-ring (bicyclic) bond motifs is 1. The molecule has 0 saturated carbocycles. The van der Waals surface area contributed by atoms with E-state index in [0.29, 0.717) is 24.3 Å². The van der Waals surface area contributed by atoms with Gasteiger partial charge in [0.2, 0.25) is 0 Å². The number of hydrogen-bond acceptors (Lipinski definition) is 3. The van der Waals surface area contributed by atoms with Gasteiger partial charge in [-0.25, -0.2) is 0 Å². The Morgan fingerprint density at radius 2 is 2.31 bits per heavy atom. The Morgan fingerprint density at radius 3 is 3.00 bits per heavy atom. The van der Waals surface area contributed by atoms with E-state index in [9.17, 15) is 4.79 Å². The fourth-order valence-corrected chi connectivity index (χ4v) is 2.29. The van der Waals surface area contributed by atoms with E-state index in [1.54, 1.807) is 13.2 Å². The molecule has 16 heavy (non-hydrogen) atoms. The lowest BCUT2D eigenvalue weighted by Gasteiger charge is -2.34. The minimum atomic E-state index is -0.549. The van der Waals surface area contributed by atoms with Gasteiger partial charge in [-0.2, -0.15) is 0 Å². The van der Waals surface area contributed by atoms with Crippen LogP contribution < -0.4 is 4.74 Å². The first-order valence-electron chi connectivity index (χ1n) is 5.05. The molecule has 2 rings (SSSR count). The fraction of sp³-hybridized carbons (Fsp3) is 0.417. The van der Waals surface area contributed by atoms with Gasteiger partial charge in [0.05, 0.1) is 18.6 Å². The van der Waals surface area contributed by atoms with Crippen LogP contribution in [0.25, 0.3) is 0 Å². The average Bonchev–Trinajstić information content (AvgIpc) is 2.19. The molecule has 4 heteroatoms. The summed E-state index contributed by atoms with van der Waals surface area (Å²) in [5.74, 6) is 0.737. The molecule has 0 radical (unpaired) electrons. The van der Waals surface area contributed by atoms with Crippen molar-refractivity contribution < 1.29 is 14.3 Å². The Hall–Kier alpha value is -0.870. The molecule has 1 aliphatic heterocycles. The number of hydrogen-bond donors (Lipinski definition) is 0. The first-order valence-corrected chi connectivity index (χ1v) is 5.84. The normalized spacial score (nSPS) is 23.8. The molecule has 0 aromatic heterocycles. The van der Waals surface area contributed by atoms with Crippen molar-refractivity contribution in [1.82, 2.24) is 0 Å². The van der Waals surface area contributed by atoms with Gasteiger partial charge in [-0.3, -0.25) is 4.79 Å². The maximum Gasteiger partial charge on any atom is 0.170 e. The molecule has 0 saturated heterocycles. The van der Waals surface area contributed by atoms with Crippen LogP contribution in [0.1, 0.15) is 23.7 Å². The van der Waals surface area contributed by atoms with Gasteiger partial charge in [0, 0.05) is 11.6 Å². The van der Waals surface area contributed by atoms with E-state index in [1.165, 1.54) is 0 Å². The molecule has 3 nitrogen and oxygen atoms in total. The van der Waals surface area contributed by atoms with Gasteiger partial charge < -0.3 is 9.47 Å². The molecule has 0 spiro atoms. The number of ketones is 1. The molecule has 0 fully saturated rings. The summed E-state index contributed by atoms with van der Waals surface area (Å²) in [6, 6.07) is 5.47. The predicted octanol–water partition coefficient (Wildman–Crippen LogP) is 2.82. The number of ether oxygens (including phenoxy) is 2. The van der Waals surface area contributed by atoms with Crippen molar-refractivity contribution in [3.63, 3.8) is 0 Å². The standard InChI is InChI=1S/C12H13BrO3/c1-12(7-15-2)6-10(14)9-5-8(13)3-4-11(9)16-12/h3-5H,6-7H2,1-2H3. The molecule has 0 amide bonds. The van der Waals surface area contributed by atoms with Crippen molar-refractivity contribution in [2.45, 2.75) is 18.9 Å². The quantitative estimate of drug-likeness (QED) is 0.838. The Kier molecular flexibility index (Phi) is 3.04. The Labute approximate surface area is 103 Å². The lowest BCUT2D eigenvalue weighted by Crippen LogP contribution is -2.43. The largest absolute Gasteiger partial charge is 0.484 e. The summed E-state index contributed by atoms with van der Waals surface area (Å²) in [6.45, 7) is 2.30. The van der Waals surface area contributed by atoms with E-state index in [-0.39, 0.29) is 5.78 Å². The van der Waals surface area contributed by atoms with Crippen molar-refractivity contribution in [3.05, 3.63) is 28.2 Å². The maximum absolute atomic E-state index is 12.0. The number of benzene rings is 1. The third kappa shape index (κ3) is 2.13. The zero-order chi connectivity index (χ0) is 11.8. The molecular formula is C12H13BrO3. The first kappa shape index (κ1) is 11.6. The number of halogens is 1. The molecule has 86 valence electrons. The highest BCUT2D eigenvalue weighted by Gasteiger charge is 2.36. The van der Waals surface area contributed by atoms with Gasteiger partial charge in [0.1, 0.15) is 11.4 Å². The highest BCUT2D eigenvalue weighted by atomic mass is 79.9. The van der Waals surface area contributed by atoms with Crippen LogP contribution in [-0.4, -0.2) is 25.1 Å². The predicted molar refractivity (Wildman–Crippen MR) is 64.0 cm³/mol. The van der Waals surface area contributed by atoms with E-state index in [2.05, 4.69) is 15.9 Å². The van der Waals surface area contributed by atoms with Gasteiger partial charge in [-0.15, -0.1) is 0 Å². The summed E-state index contributed by atoms with van der Waals surface area (Å²) < 4.78 is 11.8. The molecule has 0 bridgehead atoms. The smallest absolute Gasteiger partial charge is 0.170 e. The monoisotopic (exact) mass is 284 g/mol. The van der Waals surface area contributed by atoms with Gasteiger partial charge in [-0.1, -0.05) is 15.9 Å². The van der Waals surface area contributed by atoms with E-state index in [1.807, 2.05) is 19.1 Å². The van der Waals surface area contributed by atoms with Crippen LogP contribution in [0.4, 0.5) is 0 Å². The van der Waals surface area contributed by atoms with Crippen LogP contribution in [-0.2, 0) is 4.74 Å². The zero-order valence-corrected chi connectivity index (χ0v) is 10.8. The fourth-order valence-electron chi connectivity index (χ4n) is 1.93. The minimum absolute atomic E-state index is 0.0992. The molecular weight excluding hydrogens is 272 g/mol. The van der Waals surface area contributed by atoms with Crippen molar-refractivity contribution in [1.29, 1.82) is 0 Å². The van der Waals surface area contributed by atoms with Gasteiger partial charge in [0.25, 0.3) is 0 Å². The van der Waals surface area contributed by atoms with Gasteiger partial charge in [-0.05, 0) is 25.1 Å². The second kappa shape index (κ2) is 4.18. The second-order valence-electron chi connectivity index (χ2n) is 4.23. The number of rotatable bonds is 2. The summed E-state index contributed by atoms with van der Waals surface area (Å²) >= 11 is 3.34. The van der Waals surface area contributed by atoms with Crippen LogP contribution in [0, 0.1) is 0 Å². The number of carbonyl (C=O) groups is 1. The number of methoxy groups -OCH3 is 1. The first-order chi connectivity index (χ1) is 7.54. The molecule has 1 aliphatic rings.